The number of Topliss-reactive ketones (excluding diaryl/α,β-unsaturated/α-hetero) is 1. The number of nitro benzene ring substituents is 1. The van der Waals surface area contributed by atoms with Crippen molar-refractivity contribution in [3.63, 3.8) is 0 Å². The van der Waals surface area contributed by atoms with Crippen LogP contribution in [0.25, 0.3) is 0 Å². The van der Waals surface area contributed by atoms with Crippen molar-refractivity contribution in [2.24, 2.45) is 0 Å². The number of amides is 2. The number of hydrogen-bond acceptors (Lipinski definition) is 5. The molecule has 0 saturated carbocycles. The van der Waals surface area contributed by atoms with Gasteiger partial charge in [-0.3, -0.25) is 29.4 Å². The van der Waals surface area contributed by atoms with Crippen LogP contribution in [0.3, 0.4) is 0 Å². The van der Waals surface area contributed by atoms with Crippen molar-refractivity contribution < 1.29 is 19.3 Å². The van der Waals surface area contributed by atoms with Crippen molar-refractivity contribution in [2.75, 3.05) is 6.54 Å². The van der Waals surface area contributed by atoms with E-state index in [1.165, 1.54) is 24.3 Å². The Labute approximate surface area is 140 Å². The molecule has 0 saturated heterocycles. The quantitative estimate of drug-likeness (QED) is 0.367. The summed E-state index contributed by atoms with van der Waals surface area (Å²) >= 11 is 5.93. The topological polar surface area (TPSA) is 97.6 Å². The van der Waals surface area contributed by atoms with Gasteiger partial charge in [0.1, 0.15) is 5.56 Å². The van der Waals surface area contributed by atoms with Crippen LogP contribution in [0.4, 0.5) is 5.69 Å². The molecule has 7 nitrogen and oxygen atoms in total. The molecule has 120 valence electrons. The summed E-state index contributed by atoms with van der Waals surface area (Å²) in [6.07, 6.45) is 0. The van der Waals surface area contributed by atoms with Crippen molar-refractivity contribution >= 4 is 34.9 Å². The minimum atomic E-state index is -0.859. The first-order valence-corrected chi connectivity index (χ1v) is 7.21. The molecule has 0 fully saturated rings. The summed E-state index contributed by atoms with van der Waals surface area (Å²) in [4.78, 5) is 48.1. The Hall–Kier alpha value is -3.06. The summed E-state index contributed by atoms with van der Waals surface area (Å²) in [5.74, 6) is -2.13. The fraction of sp³-hybridized carbons (Fsp3) is 0.0625. The Morgan fingerprint density at radius 3 is 2.46 bits per heavy atom. The number of carbonyl (C=O) groups is 3. The van der Waals surface area contributed by atoms with Crippen LogP contribution in [0.15, 0.2) is 42.5 Å². The van der Waals surface area contributed by atoms with Gasteiger partial charge in [0, 0.05) is 11.6 Å². The van der Waals surface area contributed by atoms with Crippen molar-refractivity contribution in [2.45, 2.75) is 0 Å². The molecule has 24 heavy (non-hydrogen) atoms. The van der Waals surface area contributed by atoms with Crippen LogP contribution in [0, 0.1) is 10.1 Å². The molecule has 2 aromatic carbocycles. The number of ketones is 1. The Bertz CT molecular complexity index is 909. The van der Waals surface area contributed by atoms with E-state index in [-0.39, 0.29) is 21.7 Å². The Morgan fingerprint density at radius 1 is 1.08 bits per heavy atom. The number of fused-ring (bicyclic) bond motifs is 1. The van der Waals surface area contributed by atoms with Gasteiger partial charge in [-0.25, -0.2) is 0 Å². The van der Waals surface area contributed by atoms with E-state index < -0.39 is 34.8 Å². The lowest BCUT2D eigenvalue weighted by molar-refractivity contribution is -0.385. The van der Waals surface area contributed by atoms with Crippen molar-refractivity contribution in [3.8, 4) is 0 Å². The molecule has 0 unspecified atom stereocenters. The molecular weight excluding hydrogens is 336 g/mol. The summed E-state index contributed by atoms with van der Waals surface area (Å²) in [7, 11) is 0. The van der Waals surface area contributed by atoms with Crippen LogP contribution < -0.4 is 0 Å². The smallest absolute Gasteiger partial charge is 0.282 e. The second-order valence-corrected chi connectivity index (χ2v) is 5.46. The molecule has 1 aliphatic heterocycles. The van der Waals surface area contributed by atoms with Gasteiger partial charge in [0.25, 0.3) is 17.5 Å². The average Bonchev–Trinajstić information content (AvgIpc) is 2.80. The highest BCUT2D eigenvalue weighted by Gasteiger charge is 2.41. The number of benzene rings is 2. The monoisotopic (exact) mass is 344 g/mol. The summed E-state index contributed by atoms with van der Waals surface area (Å²) < 4.78 is 0. The lowest BCUT2D eigenvalue weighted by Gasteiger charge is -2.13. The largest absolute Gasteiger partial charge is 0.292 e. The highest BCUT2D eigenvalue weighted by molar-refractivity contribution is 6.34. The van der Waals surface area contributed by atoms with Crippen LogP contribution in [-0.2, 0) is 0 Å². The van der Waals surface area contributed by atoms with Crippen LogP contribution in [0.5, 0.6) is 0 Å². The Balaban J connectivity index is 1.95. The van der Waals surface area contributed by atoms with Gasteiger partial charge in [-0.2, -0.15) is 0 Å². The first kappa shape index (κ1) is 15.8. The standard InChI is InChI=1S/C16H9ClN2O5/c17-11-6-2-1-4-9(11)13(20)8-18-15(21)10-5-3-7-12(19(23)24)14(10)16(18)22/h1-7H,8H2. The molecule has 0 aliphatic carbocycles. The number of halogens is 1. The summed E-state index contributed by atoms with van der Waals surface area (Å²) in [6.45, 7) is -0.534. The molecule has 2 aromatic rings. The second kappa shape index (κ2) is 5.86. The maximum atomic E-state index is 12.4. The van der Waals surface area contributed by atoms with E-state index >= 15 is 0 Å². The number of rotatable bonds is 4. The molecule has 2 amide bonds. The molecule has 0 spiro atoms. The fourth-order valence-corrected chi connectivity index (χ4v) is 2.77. The molecule has 0 aromatic heterocycles. The van der Waals surface area contributed by atoms with Gasteiger partial charge in [-0.15, -0.1) is 0 Å². The number of nitrogens with zero attached hydrogens (tertiary/aromatic N) is 2. The van der Waals surface area contributed by atoms with Crippen molar-refractivity contribution in [1.82, 2.24) is 4.90 Å². The molecule has 3 rings (SSSR count). The maximum absolute atomic E-state index is 12.4. The van der Waals surface area contributed by atoms with E-state index in [1.807, 2.05) is 0 Å². The summed E-state index contributed by atoms with van der Waals surface area (Å²) in [5, 5.41) is 11.2. The van der Waals surface area contributed by atoms with Gasteiger partial charge in [0.05, 0.1) is 22.1 Å². The molecule has 0 bridgehead atoms. The number of imide groups is 1. The highest BCUT2D eigenvalue weighted by Crippen LogP contribution is 2.31. The van der Waals surface area contributed by atoms with Gasteiger partial charge in [0.2, 0.25) is 0 Å². The predicted molar refractivity (Wildman–Crippen MR) is 84.2 cm³/mol. The van der Waals surface area contributed by atoms with Gasteiger partial charge >= 0.3 is 0 Å². The lowest BCUT2D eigenvalue weighted by Crippen LogP contribution is -2.35. The number of hydrogen-bond donors (Lipinski definition) is 0. The van der Waals surface area contributed by atoms with Gasteiger partial charge < -0.3 is 0 Å². The minimum absolute atomic E-state index is 0.0823. The van der Waals surface area contributed by atoms with Crippen LogP contribution in [-0.4, -0.2) is 34.0 Å². The maximum Gasteiger partial charge on any atom is 0.282 e. The zero-order valence-electron chi connectivity index (χ0n) is 12.1. The first-order valence-electron chi connectivity index (χ1n) is 6.83. The van der Waals surface area contributed by atoms with E-state index in [0.717, 1.165) is 6.07 Å². The van der Waals surface area contributed by atoms with E-state index in [9.17, 15) is 24.5 Å². The number of nitro groups is 1. The average molecular weight is 345 g/mol. The van der Waals surface area contributed by atoms with Crippen molar-refractivity contribution in [3.05, 3.63) is 74.3 Å². The number of carbonyl (C=O) groups excluding carboxylic acids is 3. The van der Waals surface area contributed by atoms with E-state index in [4.69, 9.17) is 11.6 Å². The van der Waals surface area contributed by atoms with E-state index in [2.05, 4.69) is 0 Å². The molecule has 1 heterocycles. The van der Waals surface area contributed by atoms with Crippen LogP contribution in [0.2, 0.25) is 5.02 Å². The zero-order chi connectivity index (χ0) is 17.4. The minimum Gasteiger partial charge on any atom is -0.292 e. The Morgan fingerprint density at radius 2 is 1.79 bits per heavy atom. The van der Waals surface area contributed by atoms with Gasteiger partial charge in [0.15, 0.2) is 5.78 Å². The molecule has 1 aliphatic rings. The van der Waals surface area contributed by atoms with Crippen LogP contribution in [0.1, 0.15) is 31.1 Å². The first-order chi connectivity index (χ1) is 11.4. The molecule has 0 radical (unpaired) electrons. The SMILES string of the molecule is O=C(CN1C(=O)c2cccc([N+](=O)[O-])c2C1=O)c1ccccc1Cl. The van der Waals surface area contributed by atoms with Crippen LogP contribution >= 0.6 is 11.6 Å². The summed E-state index contributed by atoms with van der Waals surface area (Å²) in [6, 6.07) is 10.0. The Kier molecular flexibility index (Phi) is 3.86. The normalized spacial score (nSPS) is 13.1. The summed E-state index contributed by atoms with van der Waals surface area (Å²) in [5.41, 5.74) is -0.663. The van der Waals surface area contributed by atoms with E-state index in [0.29, 0.717) is 4.90 Å². The molecule has 0 atom stereocenters. The molecular formula is C16H9ClN2O5. The fourth-order valence-electron chi connectivity index (χ4n) is 2.53. The third-order valence-corrected chi connectivity index (χ3v) is 3.98. The predicted octanol–water partition coefficient (Wildman–Crippen LogP) is 2.73. The van der Waals surface area contributed by atoms with Gasteiger partial charge in [-0.1, -0.05) is 29.8 Å². The third-order valence-electron chi connectivity index (χ3n) is 3.65. The van der Waals surface area contributed by atoms with Gasteiger partial charge in [-0.05, 0) is 18.2 Å². The molecule has 8 heteroatoms. The van der Waals surface area contributed by atoms with E-state index in [1.54, 1.807) is 12.1 Å². The second-order valence-electron chi connectivity index (χ2n) is 5.06. The highest BCUT2D eigenvalue weighted by atomic mass is 35.5. The third kappa shape index (κ3) is 2.44. The zero-order valence-corrected chi connectivity index (χ0v) is 12.8. The lowest BCUT2D eigenvalue weighted by atomic mass is 10.1. The van der Waals surface area contributed by atoms with Crippen molar-refractivity contribution in [1.29, 1.82) is 0 Å². The molecule has 0 N–H and O–H groups in total.